The first-order valence-corrected chi connectivity index (χ1v) is 7.24. The lowest BCUT2D eigenvalue weighted by Gasteiger charge is -2.36. The Morgan fingerprint density at radius 1 is 1.28 bits per heavy atom. The lowest BCUT2D eigenvalue weighted by molar-refractivity contribution is -0.137. The molecule has 18 heavy (non-hydrogen) atoms. The van der Waals surface area contributed by atoms with E-state index >= 15 is 0 Å². The van der Waals surface area contributed by atoms with Crippen molar-refractivity contribution >= 4 is 5.91 Å². The molecule has 1 amide bonds. The molecule has 0 N–H and O–H groups in total. The number of ether oxygens (including phenoxy) is 1. The number of carbonyl (C=O) groups excluding carboxylic acids is 1. The lowest BCUT2D eigenvalue weighted by atomic mass is 10.0. The first-order chi connectivity index (χ1) is 8.69. The Labute approximate surface area is 111 Å². The van der Waals surface area contributed by atoms with Gasteiger partial charge in [-0.05, 0) is 32.2 Å². The van der Waals surface area contributed by atoms with Gasteiger partial charge in [0, 0.05) is 32.8 Å². The third kappa shape index (κ3) is 4.94. The van der Waals surface area contributed by atoms with Crippen LogP contribution < -0.4 is 0 Å². The average molecular weight is 256 g/mol. The summed E-state index contributed by atoms with van der Waals surface area (Å²) < 4.78 is 5.31. The molecule has 0 saturated carbocycles. The minimum absolute atomic E-state index is 0.123. The molecule has 0 aromatic rings. The molecular weight excluding hydrogens is 228 g/mol. The van der Waals surface area contributed by atoms with Crippen molar-refractivity contribution in [3.63, 3.8) is 0 Å². The summed E-state index contributed by atoms with van der Waals surface area (Å²) in [6.07, 6.45) is 4.36. The monoisotopic (exact) mass is 256 g/mol. The van der Waals surface area contributed by atoms with Gasteiger partial charge in [0.25, 0.3) is 0 Å². The van der Waals surface area contributed by atoms with Crippen LogP contribution in [-0.2, 0) is 9.53 Å². The molecule has 1 aliphatic rings. The smallest absolute Gasteiger partial charge is 0.248 e. The Balaban J connectivity index is 2.26. The Bertz CT molecular complexity index is 238. The van der Waals surface area contributed by atoms with Crippen molar-refractivity contribution in [2.24, 2.45) is 0 Å². The fourth-order valence-electron chi connectivity index (χ4n) is 2.46. The predicted octanol–water partition coefficient (Wildman–Crippen LogP) is 1.75. The molecule has 0 unspecified atom stereocenters. The Morgan fingerprint density at radius 2 is 1.94 bits per heavy atom. The standard InChI is InChI=1S/C14H28N2O2/c1-4-8-16-9-6-13(7-10-16)15(3)14(17)12-18-11-5-2/h13H,4-12H2,1-3H3. The van der Waals surface area contributed by atoms with Gasteiger partial charge in [0.1, 0.15) is 6.61 Å². The van der Waals surface area contributed by atoms with E-state index in [-0.39, 0.29) is 12.5 Å². The van der Waals surface area contributed by atoms with Crippen LogP contribution in [0, 0.1) is 0 Å². The summed E-state index contributed by atoms with van der Waals surface area (Å²) in [5.41, 5.74) is 0. The van der Waals surface area contributed by atoms with Crippen LogP contribution in [-0.4, -0.2) is 61.6 Å². The number of hydrogen-bond acceptors (Lipinski definition) is 3. The average Bonchev–Trinajstić information content (AvgIpc) is 2.39. The molecule has 0 aromatic heterocycles. The highest BCUT2D eigenvalue weighted by atomic mass is 16.5. The van der Waals surface area contributed by atoms with Crippen LogP contribution >= 0.6 is 0 Å². The Hall–Kier alpha value is -0.610. The number of piperidine rings is 1. The number of likely N-dealkylation sites (tertiary alicyclic amines) is 1. The van der Waals surface area contributed by atoms with Gasteiger partial charge >= 0.3 is 0 Å². The molecule has 0 bridgehead atoms. The third-order valence-corrected chi connectivity index (χ3v) is 3.61. The topological polar surface area (TPSA) is 32.8 Å². The second kappa shape index (κ2) is 8.48. The largest absolute Gasteiger partial charge is 0.372 e. The molecule has 1 fully saturated rings. The number of amides is 1. The van der Waals surface area contributed by atoms with Crippen molar-refractivity contribution in [2.45, 2.75) is 45.6 Å². The molecule has 0 aliphatic carbocycles. The molecule has 0 aromatic carbocycles. The maximum absolute atomic E-state index is 11.9. The second-order valence-corrected chi connectivity index (χ2v) is 5.13. The fourth-order valence-corrected chi connectivity index (χ4v) is 2.46. The number of carbonyl (C=O) groups is 1. The molecule has 0 atom stereocenters. The molecule has 1 aliphatic heterocycles. The van der Waals surface area contributed by atoms with E-state index in [0.717, 1.165) is 32.4 Å². The molecule has 0 radical (unpaired) electrons. The van der Waals surface area contributed by atoms with E-state index in [0.29, 0.717) is 12.6 Å². The zero-order valence-electron chi connectivity index (χ0n) is 12.2. The van der Waals surface area contributed by atoms with E-state index in [1.165, 1.54) is 13.0 Å². The zero-order valence-corrected chi connectivity index (χ0v) is 12.2. The normalized spacial score (nSPS) is 17.9. The zero-order chi connectivity index (χ0) is 13.4. The third-order valence-electron chi connectivity index (χ3n) is 3.61. The maximum atomic E-state index is 11.9. The fraction of sp³-hybridized carbons (Fsp3) is 0.929. The van der Waals surface area contributed by atoms with Gasteiger partial charge in [-0.2, -0.15) is 0 Å². The van der Waals surface area contributed by atoms with Crippen LogP contribution in [0.3, 0.4) is 0 Å². The van der Waals surface area contributed by atoms with Gasteiger partial charge in [0.2, 0.25) is 5.91 Å². The molecule has 4 heteroatoms. The van der Waals surface area contributed by atoms with Crippen LogP contribution in [0.5, 0.6) is 0 Å². The summed E-state index contributed by atoms with van der Waals surface area (Å²) >= 11 is 0. The number of likely N-dealkylation sites (N-methyl/N-ethyl adjacent to an activating group) is 1. The molecule has 1 rings (SSSR count). The number of hydrogen-bond donors (Lipinski definition) is 0. The van der Waals surface area contributed by atoms with Gasteiger partial charge < -0.3 is 14.5 Å². The van der Waals surface area contributed by atoms with E-state index in [9.17, 15) is 4.79 Å². The van der Waals surface area contributed by atoms with Crippen LogP contribution in [0.4, 0.5) is 0 Å². The summed E-state index contributed by atoms with van der Waals surface area (Å²) in [5.74, 6) is 0.123. The van der Waals surface area contributed by atoms with Crippen molar-refractivity contribution in [2.75, 3.05) is 39.9 Å². The molecular formula is C14H28N2O2. The minimum Gasteiger partial charge on any atom is -0.372 e. The van der Waals surface area contributed by atoms with Crippen LogP contribution in [0.2, 0.25) is 0 Å². The van der Waals surface area contributed by atoms with Gasteiger partial charge in [0.15, 0.2) is 0 Å². The maximum Gasteiger partial charge on any atom is 0.248 e. The number of nitrogens with zero attached hydrogens (tertiary/aromatic N) is 2. The van der Waals surface area contributed by atoms with Crippen molar-refractivity contribution in [1.29, 1.82) is 0 Å². The quantitative estimate of drug-likeness (QED) is 0.651. The molecule has 1 heterocycles. The van der Waals surface area contributed by atoms with E-state index in [4.69, 9.17) is 4.74 Å². The van der Waals surface area contributed by atoms with Gasteiger partial charge in [-0.25, -0.2) is 0 Å². The van der Waals surface area contributed by atoms with E-state index < -0.39 is 0 Å². The highest BCUT2D eigenvalue weighted by molar-refractivity contribution is 5.77. The Morgan fingerprint density at radius 3 is 2.50 bits per heavy atom. The first kappa shape index (κ1) is 15.4. The highest BCUT2D eigenvalue weighted by Gasteiger charge is 2.24. The minimum atomic E-state index is 0.123. The van der Waals surface area contributed by atoms with Gasteiger partial charge in [-0.1, -0.05) is 13.8 Å². The van der Waals surface area contributed by atoms with Gasteiger partial charge in [-0.3, -0.25) is 4.79 Å². The highest BCUT2D eigenvalue weighted by Crippen LogP contribution is 2.15. The van der Waals surface area contributed by atoms with Crippen molar-refractivity contribution in [3.8, 4) is 0 Å². The lowest BCUT2D eigenvalue weighted by Crippen LogP contribution is -2.46. The van der Waals surface area contributed by atoms with E-state index in [1.54, 1.807) is 0 Å². The van der Waals surface area contributed by atoms with Crippen molar-refractivity contribution < 1.29 is 9.53 Å². The SMILES string of the molecule is CCCOCC(=O)N(C)C1CCN(CCC)CC1. The molecule has 0 spiro atoms. The summed E-state index contributed by atoms with van der Waals surface area (Å²) in [6.45, 7) is 8.60. The first-order valence-electron chi connectivity index (χ1n) is 7.24. The summed E-state index contributed by atoms with van der Waals surface area (Å²) in [5, 5.41) is 0. The van der Waals surface area contributed by atoms with Crippen molar-refractivity contribution in [3.05, 3.63) is 0 Å². The Kier molecular flexibility index (Phi) is 7.28. The molecule has 1 saturated heterocycles. The van der Waals surface area contributed by atoms with E-state index in [2.05, 4.69) is 18.7 Å². The molecule has 106 valence electrons. The van der Waals surface area contributed by atoms with Crippen LogP contribution in [0.1, 0.15) is 39.5 Å². The number of rotatable bonds is 7. The van der Waals surface area contributed by atoms with Crippen molar-refractivity contribution in [1.82, 2.24) is 9.80 Å². The predicted molar refractivity (Wildman–Crippen MR) is 73.6 cm³/mol. The van der Waals surface area contributed by atoms with E-state index in [1.807, 2.05) is 11.9 Å². The summed E-state index contributed by atoms with van der Waals surface area (Å²) in [6, 6.07) is 0.399. The van der Waals surface area contributed by atoms with Crippen LogP contribution in [0.25, 0.3) is 0 Å². The van der Waals surface area contributed by atoms with Crippen LogP contribution in [0.15, 0.2) is 0 Å². The molecule has 4 nitrogen and oxygen atoms in total. The van der Waals surface area contributed by atoms with Gasteiger partial charge in [-0.15, -0.1) is 0 Å². The summed E-state index contributed by atoms with van der Waals surface area (Å²) in [7, 11) is 1.91. The van der Waals surface area contributed by atoms with Gasteiger partial charge in [0.05, 0.1) is 0 Å². The summed E-state index contributed by atoms with van der Waals surface area (Å²) in [4.78, 5) is 16.3. The second-order valence-electron chi connectivity index (χ2n) is 5.13.